The predicted molar refractivity (Wildman–Crippen MR) is 93.1 cm³/mol. The summed E-state index contributed by atoms with van der Waals surface area (Å²) in [6.45, 7) is 0.819. The van der Waals surface area contributed by atoms with E-state index >= 15 is 0 Å². The Balaban J connectivity index is 1.73. The zero-order valence-electron chi connectivity index (χ0n) is 14.2. The van der Waals surface area contributed by atoms with Crippen LogP contribution in [0.25, 0.3) is 0 Å². The molecule has 0 fully saturated rings. The molecule has 0 radical (unpaired) electrons. The fraction of sp³-hybridized carbons (Fsp3) is 0.167. The van der Waals surface area contributed by atoms with E-state index in [0.29, 0.717) is 5.56 Å². The number of carboxylic acids is 1. The lowest BCUT2D eigenvalue weighted by Gasteiger charge is -2.14. The second kappa shape index (κ2) is 6.93. The van der Waals surface area contributed by atoms with Gasteiger partial charge in [-0.3, -0.25) is 18.7 Å². The molecule has 1 N–H and O–H groups in total. The molecule has 1 aliphatic heterocycles. The van der Waals surface area contributed by atoms with Gasteiger partial charge < -0.3 is 5.11 Å². The highest BCUT2D eigenvalue weighted by molar-refractivity contribution is 7.86. The quantitative estimate of drug-likeness (QED) is 0.590. The summed E-state index contributed by atoms with van der Waals surface area (Å²) in [5.41, 5.74) is 0.648. The van der Waals surface area contributed by atoms with Crippen LogP contribution in [0.4, 0.5) is 0 Å². The molecule has 27 heavy (non-hydrogen) atoms. The lowest BCUT2D eigenvalue weighted by molar-refractivity contribution is 0.0629. The molecule has 2 aromatic carbocycles. The third kappa shape index (κ3) is 3.46. The number of amides is 2. The Hall–Kier alpha value is -3.04. The monoisotopic (exact) mass is 389 g/mol. The summed E-state index contributed by atoms with van der Waals surface area (Å²) in [5, 5.41) is 9.01. The molecule has 0 aliphatic carbocycles. The first-order valence-corrected chi connectivity index (χ1v) is 9.32. The van der Waals surface area contributed by atoms with E-state index in [9.17, 15) is 22.8 Å². The number of aromatic carboxylic acids is 1. The summed E-state index contributed by atoms with van der Waals surface area (Å²) >= 11 is 0. The molecule has 0 spiro atoms. The molecule has 8 nitrogen and oxygen atoms in total. The van der Waals surface area contributed by atoms with Gasteiger partial charge in [0.15, 0.2) is 0 Å². The van der Waals surface area contributed by atoms with E-state index in [-0.39, 0.29) is 28.1 Å². The lowest BCUT2D eigenvalue weighted by atomic mass is 10.1. The summed E-state index contributed by atoms with van der Waals surface area (Å²) in [4.78, 5) is 36.2. The molecule has 1 aliphatic rings. The maximum Gasteiger partial charge on any atom is 0.335 e. The predicted octanol–water partition coefficient (Wildman–Crippen LogP) is 1.69. The van der Waals surface area contributed by atoms with Crippen LogP contribution in [-0.4, -0.2) is 49.4 Å². The smallest absolute Gasteiger partial charge is 0.335 e. The fourth-order valence-corrected chi connectivity index (χ4v) is 3.90. The van der Waals surface area contributed by atoms with E-state index in [4.69, 9.17) is 9.29 Å². The first-order chi connectivity index (χ1) is 12.7. The Morgan fingerprint density at radius 2 is 1.67 bits per heavy atom. The van der Waals surface area contributed by atoms with Gasteiger partial charge in [0.25, 0.3) is 21.9 Å². The molecule has 0 saturated heterocycles. The number of rotatable bonds is 6. The summed E-state index contributed by atoms with van der Waals surface area (Å²) in [6, 6.07) is 9.97. The minimum atomic E-state index is -4.25. The van der Waals surface area contributed by atoms with Gasteiger partial charge in [0.2, 0.25) is 0 Å². The highest BCUT2D eigenvalue weighted by Gasteiger charge is 2.35. The van der Waals surface area contributed by atoms with Crippen molar-refractivity contribution in [3.05, 3.63) is 64.7 Å². The van der Waals surface area contributed by atoms with Crippen LogP contribution in [0.5, 0.6) is 0 Å². The van der Waals surface area contributed by atoms with Crippen LogP contribution in [-0.2, 0) is 14.3 Å². The minimum Gasteiger partial charge on any atom is -0.478 e. The number of carbonyl (C=O) groups excluding carboxylic acids is 2. The second-order valence-electron chi connectivity index (χ2n) is 5.87. The zero-order valence-corrected chi connectivity index (χ0v) is 15.0. The molecular formula is C18H15NO7S. The van der Waals surface area contributed by atoms with Crippen molar-refractivity contribution in [2.45, 2.75) is 11.8 Å². The van der Waals surface area contributed by atoms with E-state index in [2.05, 4.69) is 0 Å². The average molecular weight is 389 g/mol. The number of imide groups is 1. The Kier molecular flexibility index (Phi) is 4.81. The Morgan fingerprint density at radius 1 is 1.07 bits per heavy atom. The summed E-state index contributed by atoms with van der Waals surface area (Å²) < 4.78 is 29.7. The van der Waals surface area contributed by atoms with Gasteiger partial charge in [0, 0.05) is 0 Å². The van der Waals surface area contributed by atoms with Gasteiger partial charge in [0.1, 0.15) is 0 Å². The van der Waals surface area contributed by atoms with Crippen LogP contribution in [0.3, 0.4) is 0 Å². The van der Waals surface area contributed by atoms with Crippen molar-refractivity contribution in [1.29, 1.82) is 0 Å². The number of fused-ring (bicyclic) bond motifs is 1. The molecule has 0 bridgehead atoms. The molecule has 0 unspecified atom stereocenters. The van der Waals surface area contributed by atoms with Crippen molar-refractivity contribution in [3.8, 4) is 0 Å². The van der Waals surface area contributed by atoms with Gasteiger partial charge >= 0.3 is 5.97 Å². The van der Waals surface area contributed by atoms with Crippen LogP contribution in [0, 0.1) is 6.92 Å². The molecule has 0 atom stereocenters. The standard InChI is InChI=1S/C18H15NO7S/c1-11-6-7-12(18(22)23)10-15(11)27(24,25)26-9-8-19-16(20)13-4-2-3-5-14(13)17(19)21/h2-7,10H,8-9H2,1H3,(H,22,23). The van der Waals surface area contributed by atoms with E-state index < -0.39 is 34.5 Å². The molecule has 3 rings (SSSR count). The highest BCUT2D eigenvalue weighted by atomic mass is 32.2. The molecule has 0 saturated carbocycles. The third-order valence-electron chi connectivity index (χ3n) is 4.14. The first-order valence-electron chi connectivity index (χ1n) is 7.91. The number of carbonyl (C=O) groups is 3. The van der Waals surface area contributed by atoms with Gasteiger partial charge in [-0.15, -0.1) is 0 Å². The number of carboxylic acid groups (broad SMARTS) is 1. The SMILES string of the molecule is Cc1ccc(C(=O)O)cc1S(=O)(=O)OCCN1C(=O)c2ccccc2C1=O. The summed E-state index contributed by atoms with van der Waals surface area (Å²) in [6.07, 6.45) is 0. The summed E-state index contributed by atoms with van der Waals surface area (Å²) in [5.74, 6) is -2.29. The molecule has 1 heterocycles. The van der Waals surface area contributed by atoms with Crippen LogP contribution < -0.4 is 0 Å². The third-order valence-corrected chi connectivity index (χ3v) is 5.59. The number of hydrogen-bond donors (Lipinski definition) is 1. The van der Waals surface area contributed by atoms with E-state index in [0.717, 1.165) is 11.0 Å². The van der Waals surface area contributed by atoms with E-state index in [1.54, 1.807) is 12.1 Å². The molecule has 2 amide bonds. The van der Waals surface area contributed by atoms with Crippen LogP contribution in [0.15, 0.2) is 47.4 Å². The van der Waals surface area contributed by atoms with Crippen molar-refractivity contribution >= 4 is 27.9 Å². The number of nitrogens with zero attached hydrogens (tertiary/aromatic N) is 1. The Morgan fingerprint density at radius 3 is 2.22 bits per heavy atom. The van der Waals surface area contributed by atoms with Crippen molar-refractivity contribution in [2.75, 3.05) is 13.2 Å². The topological polar surface area (TPSA) is 118 Å². The minimum absolute atomic E-state index is 0.192. The maximum atomic E-state index is 12.4. The van der Waals surface area contributed by atoms with Gasteiger partial charge in [-0.05, 0) is 36.8 Å². The van der Waals surface area contributed by atoms with Crippen molar-refractivity contribution in [1.82, 2.24) is 4.90 Å². The van der Waals surface area contributed by atoms with Gasteiger partial charge in [-0.25, -0.2) is 4.79 Å². The highest BCUT2D eigenvalue weighted by Crippen LogP contribution is 2.23. The second-order valence-corrected chi connectivity index (χ2v) is 7.45. The van der Waals surface area contributed by atoms with Crippen molar-refractivity contribution in [3.63, 3.8) is 0 Å². The molecule has 9 heteroatoms. The Labute approximate surface area is 155 Å². The largest absolute Gasteiger partial charge is 0.478 e. The molecule has 2 aromatic rings. The van der Waals surface area contributed by atoms with Crippen LogP contribution in [0.1, 0.15) is 36.6 Å². The summed E-state index contributed by atoms with van der Waals surface area (Å²) in [7, 11) is -4.25. The number of hydrogen-bond acceptors (Lipinski definition) is 6. The number of benzene rings is 2. The average Bonchev–Trinajstić information content (AvgIpc) is 2.87. The number of aryl methyl sites for hydroxylation is 1. The van der Waals surface area contributed by atoms with E-state index in [1.807, 2.05) is 0 Å². The van der Waals surface area contributed by atoms with Crippen molar-refractivity contribution in [2.24, 2.45) is 0 Å². The molecule has 140 valence electrons. The normalized spacial score (nSPS) is 13.7. The first kappa shape index (κ1) is 18.7. The van der Waals surface area contributed by atoms with Crippen molar-refractivity contribution < 1.29 is 32.1 Å². The lowest BCUT2D eigenvalue weighted by Crippen LogP contribution is -2.33. The Bertz CT molecular complexity index is 1020. The van der Waals surface area contributed by atoms with Gasteiger partial charge in [-0.1, -0.05) is 18.2 Å². The van der Waals surface area contributed by atoms with Crippen LogP contribution >= 0.6 is 0 Å². The molecule has 0 aromatic heterocycles. The molecular weight excluding hydrogens is 374 g/mol. The maximum absolute atomic E-state index is 12.4. The van der Waals surface area contributed by atoms with Crippen LogP contribution in [0.2, 0.25) is 0 Å². The van der Waals surface area contributed by atoms with E-state index in [1.165, 1.54) is 31.2 Å². The zero-order chi connectivity index (χ0) is 19.8. The van der Waals surface area contributed by atoms with Gasteiger partial charge in [-0.2, -0.15) is 8.42 Å². The fourth-order valence-electron chi connectivity index (χ4n) is 2.75. The van der Waals surface area contributed by atoms with Gasteiger partial charge in [0.05, 0.1) is 34.7 Å².